The number of benzene rings is 2. The van der Waals surface area contributed by atoms with Gasteiger partial charge >= 0.3 is 0 Å². The summed E-state index contributed by atoms with van der Waals surface area (Å²) in [7, 11) is -3.56. The Kier molecular flexibility index (Phi) is 6.32. The lowest BCUT2D eigenvalue weighted by Gasteiger charge is -2.35. The van der Waals surface area contributed by atoms with Gasteiger partial charge in [-0.05, 0) is 35.4 Å². The van der Waals surface area contributed by atoms with Gasteiger partial charge in [-0.3, -0.25) is 4.90 Å². The molecule has 30 heavy (non-hydrogen) atoms. The van der Waals surface area contributed by atoms with Crippen molar-refractivity contribution in [3.63, 3.8) is 0 Å². The van der Waals surface area contributed by atoms with Crippen molar-refractivity contribution in [2.75, 3.05) is 31.1 Å². The van der Waals surface area contributed by atoms with Gasteiger partial charge in [0.25, 0.3) is 0 Å². The van der Waals surface area contributed by atoms with Gasteiger partial charge in [0.15, 0.2) is 10.8 Å². The molecule has 1 saturated heterocycles. The molecular formula is C22H23ClN4O2S. The van der Waals surface area contributed by atoms with Crippen LogP contribution in [0.1, 0.15) is 11.1 Å². The second-order valence-corrected chi connectivity index (χ2v) is 9.74. The van der Waals surface area contributed by atoms with Gasteiger partial charge in [-0.25, -0.2) is 8.42 Å². The Balaban J connectivity index is 1.36. The molecule has 0 radical (unpaired) electrons. The molecule has 0 atom stereocenters. The van der Waals surface area contributed by atoms with Crippen LogP contribution in [0.15, 0.2) is 71.8 Å². The number of nitrogens with zero attached hydrogens (tertiary/aromatic N) is 4. The van der Waals surface area contributed by atoms with Crippen LogP contribution in [0.25, 0.3) is 0 Å². The lowest BCUT2D eigenvalue weighted by Crippen LogP contribution is -2.46. The van der Waals surface area contributed by atoms with Crippen molar-refractivity contribution in [1.82, 2.24) is 15.1 Å². The quantitative estimate of drug-likeness (QED) is 0.582. The predicted molar refractivity (Wildman–Crippen MR) is 118 cm³/mol. The van der Waals surface area contributed by atoms with E-state index in [9.17, 15) is 8.42 Å². The zero-order valence-electron chi connectivity index (χ0n) is 16.5. The Hall–Kier alpha value is -2.48. The van der Waals surface area contributed by atoms with Gasteiger partial charge < -0.3 is 4.90 Å². The van der Waals surface area contributed by atoms with Crippen LogP contribution in [-0.2, 0) is 22.1 Å². The minimum atomic E-state index is -3.56. The normalized spacial score (nSPS) is 15.3. The summed E-state index contributed by atoms with van der Waals surface area (Å²) in [4.78, 5) is 4.55. The minimum absolute atomic E-state index is 0.0103. The summed E-state index contributed by atoms with van der Waals surface area (Å²) in [6.45, 7) is 4.44. The van der Waals surface area contributed by atoms with Gasteiger partial charge in [-0.2, -0.15) is 0 Å². The van der Waals surface area contributed by atoms with E-state index in [1.54, 1.807) is 36.4 Å². The zero-order valence-corrected chi connectivity index (χ0v) is 18.1. The molecule has 1 aromatic heterocycles. The predicted octanol–water partition coefficient (Wildman–Crippen LogP) is 3.43. The number of hydrogen-bond acceptors (Lipinski definition) is 6. The largest absolute Gasteiger partial charge is 0.353 e. The summed E-state index contributed by atoms with van der Waals surface area (Å²) in [5.41, 5.74) is 1.97. The average Bonchev–Trinajstić information content (AvgIpc) is 2.77. The topological polar surface area (TPSA) is 66.4 Å². The van der Waals surface area contributed by atoms with Crippen LogP contribution in [-0.4, -0.2) is 49.7 Å². The number of halogens is 1. The van der Waals surface area contributed by atoms with E-state index in [0.717, 1.165) is 32.7 Å². The molecular weight excluding hydrogens is 420 g/mol. The molecule has 156 valence electrons. The van der Waals surface area contributed by atoms with Crippen molar-refractivity contribution < 1.29 is 8.42 Å². The molecule has 0 spiro atoms. The van der Waals surface area contributed by atoms with Gasteiger partial charge in [0.1, 0.15) is 0 Å². The van der Waals surface area contributed by atoms with E-state index in [0.29, 0.717) is 16.4 Å². The minimum Gasteiger partial charge on any atom is -0.353 e. The Morgan fingerprint density at radius 2 is 1.50 bits per heavy atom. The number of aromatic nitrogens is 2. The molecule has 0 N–H and O–H groups in total. The molecule has 0 aliphatic carbocycles. The first kappa shape index (κ1) is 20.8. The zero-order chi connectivity index (χ0) is 21.0. The Morgan fingerprint density at radius 1 is 0.800 bits per heavy atom. The van der Waals surface area contributed by atoms with Crippen LogP contribution in [0.2, 0.25) is 5.02 Å². The van der Waals surface area contributed by atoms with Crippen LogP contribution >= 0.6 is 11.6 Å². The summed E-state index contributed by atoms with van der Waals surface area (Å²) in [6.07, 6.45) is 0. The van der Waals surface area contributed by atoms with Crippen molar-refractivity contribution in [2.45, 2.75) is 17.3 Å². The van der Waals surface area contributed by atoms with E-state index >= 15 is 0 Å². The van der Waals surface area contributed by atoms with E-state index in [1.165, 1.54) is 5.56 Å². The van der Waals surface area contributed by atoms with Crippen LogP contribution < -0.4 is 4.90 Å². The second-order valence-electron chi connectivity index (χ2n) is 7.36. The second kappa shape index (κ2) is 9.12. The third-order valence-electron chi connectivity index (χ3n) is 5.16. The van der Waals surface area contributed by atoms with Gasteiger partial charge in [0.05, 0.1) is 5.75 Å². The first-order chi connectivity index (χ1) is 14.5. The maximum Gasteiger partial charge on any atom is 0.201 e. The fourth-order valence-electron chi connectivity index (χ4n) is 3.50. The maximum atomic E-state index is 12.6. The summed E-state index contributed by atoms with van der Waals surface area (Å²) >= 11 is 5.86. The highest BCUT2D eigenvalue weighted by atomic mass is 35.5. The van der Waals surface area contributed by atoms with Crippen molar-refractivity contribution >= 4 is 27.3 Å². The van der Waals surface area contributed by atoms with Gasteiger partial charge in [-0.1, -0.05) is 54.1 Å². The molecule has 0 amide bonds. The molecule has 0 bridgehead atoms. The van der Waals surface area contributed by atoms with E-state index < -0.39 is 9.84 Å². The van der Waals surface area contributed by atoms with Gasteiger partial charge in [-0.15, -0.1) is 10.2 Å². The Morgan fingerprint density at radius 3 is 2.13 bits per heavy atom. The Bertz CT molecular complexity index is 1070. The number of piperazine rings is 1. The van der Waals surface area contributed by atoms with Crippen molar-refractivity contribution in [3.8, 4) is 0 Å². The molecule has 1 aliphatic rings. The monoisotopic (exact) mass is 442 g/mol. The molecule has 8 heteroatoms. The SMILES string of the molecule is O=S(=O)(Cc1ccc(Cl)cc1)c1ccc(N2CCN(Cc3ccccc3)CC2)nn1. The smallest absolute Gasteiger partial charge is 0.201 e. The maximum absolute atomic E-state index is 12.6. The number of rotatable bonds is 6. The fourth-order valence-corrected chi connectivity index (χ4v) is 4.84. The van der Waals surface area contributed by atoms with Crippen LogP contribution in [0.3, 0.4) is 0 Å². The highest BCUT2D eigenvalue weighted by molar-refractivity contribution is 7.90. The van der Waals surface area contributed by atoms with Crippen molar-refractivity contribution in [3.05, 3.63) is 82.9 Å². The number of sulfone groups is 1. The molecule has 1 fully saturated rings. The van der Waals surface area contributed by atoms with E-state index in [4.69, 9.17) is 11.6 Å². The van der Waals surface area contributed by atoms with Gasteiger partial charge in [0, 0.05) is 37.7 Å². The third kappa shape index (κ3) is 5.16. The molecule has 2 heterocycles. The van der Waals surface area contributed by atoms with Crippen LogP contribution in [0.5, 0.6) is 0 Å². The fraction of sp³-hybridized carbons (Fsp3) is 0.273. The van der Waals surface area contributed by atoms with Crippen molar-refractivity contribution in [2.24, 2.45) is 0 Å². The molecule has 0 saturated carbocycles. The summed E-state index contributed by atoms with van der Waals surface area (Å²) in [6, 6.07) is 20.5. The highest BCUT2D eigenvalue weighted by Gasteiger charge is 2.21. The van der Waals surface area contributed by atoms with Gasteiger partial charge in [0.2, 0.25) is 9.84 Å². The molecule has 2 aromatic carbocycles. The Labute approximate surface area is 182 Å². The van der Waals surface area contributed by atoms with Crippen molar-refractivity contribution in [1.29, 1.82) is 0 Å². The average molecular weight is 443 g/mol. The summed E-state index contributed by atoms with van der Waals surface area (Å²) in [5.74, 6) is 0.580. The molecule has 0 unspecified atom stereocenters. The van der Waals surface area contributed by atoms with E-state index in [-0.39, 0.29) is 10.8 Å². The van der Waals surface area contributed by atoms with E-state index in [2.05, 4.69) is 44.3 Å². The van der Waals surface area contributed by atoms with Crippen LogP contribution in [0, 0.1) is 0 Å². The molecule has 1 aliphatic heterocycles. The lowest BCUT2D eigenvalue weighted by molar-refractivity contribution is 0.249. The molecule has 3 aromatic rings. The summed E-state index contributed by atoms with van der Waals surface area (Å²) < 4.78 is 25.3. The lowest BCUT2D eigenvalue weighted by atomic mass is 10.2. The molecule has 4 rings (SSSR count). The standard InChI is InChI=1S/C22H23ClN4O2S/c23-20-8-6-19(7-9-20)17-30(28,29)22-11-10-21(24-25-22)27-14-12-26(13-15-27)16-18-4-2-1-3-5-18/h1-11H,12-17H2. The highest BCUT2D eigenvalue weighted by Crippen LogP contribution is 2.19. The number of hydrogen-bond donors (Lipinski definition) is 0. The van der Waals surface area contributed by atoms with Crippen LogP contribution in [0.4, 0.5) is 5.82 Å². The first-order valence-electron chi connectivity index (χ1n) is 9.82. The first-order valence-corrected chi connectivity index (χ1v) is 11.8. The van der Waals surface area contributed by atoms with E-state index in [1.807, 2.05) is 6.07 Å². The third-order valence-corrected chi connectivity index (χ3v) is 6.98. The molecule has 6 nitrogen and oxygen atoms in total. The summed E-state index contributed by atoms with van der Waals surface area (Å²) in [5, 5.41) is 8.76. The number of anilines is 1.